The molecular weight excluding hydrogens is 546 g/mol. The van der Waals surface area contributed by atoms with Crippen molar-refractivity contribution in [2.75, 3.05) is 10.6 Å². The molecule has 40 heavy (non-hydrogen) atoms. The summed E-state index contributed by atoms with van der Waals surface area (Å²) in [6, 6.07) is 11.5. The Hall–Kier alpha value is -3.14. The zero-order chi connectivity index (χ0) is 29.2. The van der Waals surface area contributed by atoms with E-state index in [0.29, 0.717) is 29.5 Å². The quantitative estimate of drug-likeness (QED) is 0.246. The van der Waals surface area contributed by atoms with E-state index in [0.717, 1.165) is 23.2 Å². The number of para-hydroxylation sites is 1. The van der Waals surface area contributed by atoms with Crippen LogP contribution in [0.3, 0.4) is 0 Å². The van der Waals surface area contributed by atoms with E-state index in [2.05, 4.69) is 58.8 Å². The number of nitrogens with one attached hydrogen (secondary N) is 3. The van der Waals surface area contributed by atoms with E-state index >= 15 is 0 Å². The molecule has 10 heteroatoms. The number of hydrogen-bond acceptors (Lipinski definition) is 8. The Morgan fingerprint density at radius 1 is 1.07 bits per heavy atom. The molecule has 3 aromatic rings. The van der Waals surface area contributed by atoms with Gasteiger partial charge in [-0.05, 0) is 95.9 Å². The molecule has 0 radical (unpaired) electrons. The highest BCUT2D eigenvalue weighted by atomic mass is 35.5. The van der Waals surface area contributed by atoms with Crippen LogP contribution in [0.5, 0.6) is 5.75 Å². The summed E-state index contributed by atoms with van der Waals surface area (Å²) in [6.45, 7) is 13.7. The average Bonchev–Trinajstić information content (AvgIpc) is 2.87. The van der Waals surface area contributed by atoms with E-state index in [4.69, 9.17) is 16.3 Å². The first-order valence-corrected chi connectivity index (χ1v) is 15.5. The van der Waals surface area contributed by atoms with Gasteiger partial charge < -0.3 is 20.7 Å². The zero-order valence-electron chi connectivity index (χ0n) is 24.0. The van der Waals surface area contributed by atoms with Gasteiger partial charge in [-0.15, -0.1) is 0 Å². The Morgan fingerprint density at radius 2 is 1.80 bits per heavy atom. The van der Waals surface area contributed by atoms with Crippen molar-refractivity contribution in [3.05, 3.63) is 64.8 Å². The molecule has 1 aliphatic rings. The third-order valence-corrected chi connectivity index (χ3v) is 9.10. The van der Waals surface area contributed by atoms with Crippen LogP contribution in [0, 0.1) is 6.92 Å². The molecule has 0 fully saturated rings. The van der Waals surface area contributed by atoms with Crippen molar-refractivity contribution in [2.45, 2.75) is 83.2 Å². The van der Waals surface area contributed by atoms with Crippen LogP contribution in [0.25, 0.3) is 5.57 Å². The lowest BCUT2D eigenvalue weighted by Gasteiger charge is -2.27. The molecule has 2 heterocycles. The number of aryl methyl sites for hydroxylation is 1. The first kappa shape index (κ1) is 29.8. The molecule has 1 aromatic heterocycles. The number of nitrogens with zero attached hydrogens (tertiary/aromatic N) is 2. The smallest absolute Gasteiger partial charge is 0.229 e. The molecule has 0 spiro atoms. The average molecular weight is 584 g/mol. The van der Waals surface area contributed by atoms with Gasteiger partial charge in [0.15, 0.2) is 15.7 Å². The maximum atomic E-state index is 12.9. The fourth-order valence-electron chi connectivity index (χ4n) is 4.77. The predicted octanol–water partition coefficient (Wildman–Crippen LogP) is 7.05. The van der Waals surface area contributed by atoms with Crippen LogP contribution in [0.4, 0.5) is 23.1 Å². The lowest BCUT2D eigenvalue weighted by molar-refractivity contribution is 0.243. The van der Waals surface area contributed by atoms with Gasteiger partial charge in [-0.25, -0.2) is 13.4 Å². The van der Waals surface area contributed by atoms with Crippen LogP contribution >= 0.6 is 11.6 Å². The second-order valence-electron chi connectivity index (χ2n) is 10.8. The highest BCUT2D eigenvalue weighted by molar-refractivity contribution is 7.92. The van der Waals surface area contributed by atoms with Gasteiger partial charge in [0.1, 0.15) is 10.8 Å². The number of rotatable bonds is 9. The normalized spacial score (nSPS) is 17.6. The molecule has 2 aromatic carbocycles. The molecule has 8 nitrogen and oxygen atoms in total. The van der Waals surface area contributed by atoms with Gasteiger partial charge in [0.05, 0.1) is 33.8 Å². The number of benzene rings is 2. The summed E-state index contributed by atoms with van der Waals surface area (Å²) in [5, 5.41) is 9.61. The Morgan fingerprint density at radius 3 is 2.48 bits per heavy atom. The lowest BCUT2D eigenvalue weighted by Crippen LogP contribution is -2.36. The van der Waals surface area contributed by atoms with Crippen molar-refractivity contribution < 1.29 is 13.2 Å². The van der Waals surface area contributed by atoms with Crippen LogP contribution in [0.15, 0.2) is 53.6 Å². The largest absolute Gasteiger partial charge is 0.489 e. The summed E-state index contributed by atoms with van der Waals surface area (Å²) in [7, 11) is -3.53. The van der Waals surface area contributed by atoms with E-state index in [9.17, 15) is 8.42 Å². The number of aromatic nitrogens is 2. The minimum atomic E-state index is -3.53. The van der Waals surface area contributed by atoms with E-state index < -0.39 is 15.1 Å². The summed E-state index contributed by atoms with van der Waals surface area (Å²) < 4.78 is 32.1. The number of sulfone groups is 1. The summed E-state index contributed by atoms with van der Waals surface area (Å²) in [5.41, 5.74) is 4.67. The van der Waals surface area contributed by atoms with Crippen molar-refractivity contribution in [1.82, 2.24) is 15.3 Å². The number of halogens is 1. The SMILES string of the molecule is Cc1cc(Nc2ncc(Cl)c(Nc3ccccc3S(=O)(=O)C(C)C)n2)c(OC(C)C)cc1C1=CC(C)NC(C)C1. The van der Waals surface area contributed by atoms with Crippen molar-refractivity contribution >= 4 is 50.2 Å². The maximum Gasteiger partial charge on any atom is 0.229 e. The summed E-state index contributed by atoms with van der Waals surface area (Å²) in [4.78, 5) is 9.13. The minimum absolute atomic E-state index is 0.0428. The molecule has 0 saturated heterocycles. The summed E-state index contributed by atoms with van der Waals surface area (Å²) >= 11 is 6.43. The van der Waals surface area contributed by atoms with Crippen LogP contribution < -0.4 is 20.7 Å². The van der Waals surface area contributed by atoms with Crippen LogP contribution in [0.1, 0.15) is 59.1 Å². The monoisotopic (exact) mass is 583 g/mol. The molecule has 4 rings (SSSR count). The molecule has 3 N–H and O–H groups in total. The fourth-order valence-corrected chi connectivity index (χ4v) is 6.11. The van der Waals surface area contributed by atoms with Gasteiger partial charge in [-0.1, -0.05) is 29.8 Å². The zero-order valence-corrected chi connectivity index (χ0v) is 25.6. The maximum absolute atomic E-state index is 12.9. The highest BCUT2D eigenvalue weighted by Crippen LogP contribution is 2.37. The Balaban J connectivity index is 1.69. The first-order chi connectivity index (χ1) is 18.8. The summed E-state index contributed by atoms with van der Waals surface area (Å²) in [6.07, 6.45) is 4.64. The first-order valence-electron chi connectivity index (χ1n) is 13.5. The molecule has 2 unspecified atom stereocenters. The second-order valence-corrected chi connectivity index (χ2v) is 13.7. The van der Waals surface area contributed by atoms with Gasteiger partial charge in [0.25, 0.3) is 0 Å². The third kappa shape index (κ3) is 6.77. The van der Waals surface area contributed by atoms with E-state index in [1.54, 1.807) is 38.1 Å². The Labute approximate surface area is 242 Å². The summed E-state index contributed by atoms with van der Waals surface area (Å²) in [5.74, 6) is 1.27. The topological polar surface area (TPSA) is 105 Å². The molecule has 214 valence electrons. The molecule has 0 amide bonds. The molecule has 0 aliphatic carbocycles. The second kappa shape index (κ2) is 12.2. The Kier molecular flexibility index (Phi) is 9.07. The standard InChI is InChI=1S/C30H38ClN5O3S/c1-17(2)39-27-15-23(22-13-20(6)33-21(7)14-22)19(5)12-26(27)35-30-32-16-24(31)29(36-30)34-25-10-8-9-11-28(25)40(37,38)18(3)4/h8-13,15-18,20-21,33H,14H2,1-7H3,(H2,32,34,35,36). The van der Waals surface area contributed by atoms with Gasteiger partial charge in [-0.2, -0.15) is 4.98 Å². The van der Waals surface area contributed by atoms with E-state index in [1.165, 1.54) is 11.8 Å². The molecule has 0 saturated carbocycles. The third-order valence-electron chi connectivity index (χ3n) is 6.62. The van der Waals surface area contributed by atoms with Gasteiger partial charge >= 0.3 is 0 Å². The predicted molar refractivity (Wildman–Crippen MR) is 164 cm³/mol. The Bertz CT molecular complexity index is 1520. The van der Waals surface area contributed by atoms with E-state index in [1.807, 2.05) is 19.9 Å². The number of anilines is 4. The van der Waals surface area contributed by atoms with E-state index in [-0.39, 0.29) is 21.8 Å². The lowest BCUT2D eigenvalue weighted by atomic mass is 9.90. The molecule has 2 atom stereocenters. The van der Waals surface area contributed by atoms with Gasteiger partial charge in [0.2, 0.25) is 5.95 Å². The van der Waals surface area contributed by atoms with Crippen molar-refractivity contribution in [3.63, 3.8) is 0 Å². The number of ether oxygens (including phenoxy) is 1. The van der Waals surface area contributed by atoms with Crippen molar-refractivity contribution in [2.24, 2.45) is 0 Å². The highest BCUT2D eigenvalue weighted by Gasteiger charge is 2.24. The van der Waals surface area contributed by atoms with Crippen LogP contribution in [0.2, 0.25) is 5.02 Å². The fraction of sp³-hybridized carbons (Fsp3) is 0.400. The van der Waals surface area contributed by atoms with Gasteiger partial charge in [0, 0.05) is 12.1 Å². The number of hydrogen-bond donors (Lipinski definition) is 3. The van der Waals surface area contributed by atoms with Crippen LogP contribution in [-0.4, -0.2) is 41.8 Å². The molecule has 1 aliphatic heterocycles. The van der Waals surface area contributed by atoms with Crippen molar-refractivity contribution in [3.8, 4) is 5.75 Å². The van der Waals surface area contributed by atoms with Gasteiger partial charge in [-0.3, -0.25) is 0 Å². The molecular formula is C30H38ClN5O3S. The van der Waals surface area contributed by atoms with Crippen LogP contribution in [-0.2, 0) is 9.84 Å². The molecule has 0 bridgehead atoms. The minimum Gasteiger partial charge on any atom is -0.489 e. The van der Waals surface area contributed by atoms with Crippen molar-refractivity contribution in [1.29, 1.82) is 0 Å².